The summed E-state index contributed by atoms with van der Waals surface area (Å²) in [5.74, 6) is 1.12. The number of nitriles is 1. The standard InChI is InChI=1S/C20H21ClN6O/c1-2-26-17-4-3-7-23-19(17)27(20(26)28)13-14-5-8-25(9-6-14)18-16(21)10-15(11-22)12-24-18/h3-4,7,10,12,14H,2,5-6,8-9,13H2,1H3. The van der Waals surface area contributed by atoms with Crippen LogP contribution in [0.1, 0.15) is 25.3 Å². The summed E-state index contributed by atoms with van der Waals surface area (Å²) in [4.78, 5) is 23.8. The minimum absolute atomic E-state index is 0.00966. The predicted octanol–water partition coefficient (Wildman–Crippen LogP) is 3.05. The summed E-state index contributed by atoms with van der Waals surface area (Å²) in [6, 6.07) is 7.52. The van der Waals surface area contributed by atoms with Crippen LogP contribution in [0.15, 0.2) is 35.4 Å². The molecule has 0 N–H and O–H groups in total. The number of anilines is 1. The molecule has 0 radical (unpaired) electrons. The maximum atomic E-state index is 12.8. The molecule has 1 aliphatic rings. The van der Waals surface area contributed by atoms with Crippen LogP contribution in [0.2, 0.25) is 5.02 Å². The topological polar surface area (TPSA) is 79.7 Å². The summed E-state index contributed by atoms with van der Waals surface area (Å²) in [6.07, 6.45) is 5.17. The Balaban J connectivity index is 1.50. The van der Waals surface area contributed by atoms with E-state index in [4.69, 9.17) is 16.9 Å². The Morgan fingerprint density at radius 2 is 2.07 bits per heavy atom. The number of imidazole rings is 1. The molecule has 8 heteroatoms. The third kappa shape index (κ3) is 3.25. The molecular weight excluding hydrogens is 376 g/mol. The van der Waals surface area contributed by atoms with Crippen LogP contribution in [0.4, 0.5) is 5.82 Å². The van der Waals surface area contributed by atoms with Crippen LogP contribution in [0, 0.1) is 17.2 Å². The number of hydrogen-bond acceptors (Lipinski definition) is 5. The van der Waals surface area contributed by atoms with E-state index in [9.17, 15) is 4.79 Å². The van der Waals surface area contributed by atoms with Crippen molar-refractivity contribution in [2.75, 3.05) is 18.0 Å². The fourth-order valence-electron chi connectivity index (χ4n) is 3.93. The molecule has 3 aromatic heterocycles. The molecule has 4 rings (SSSR count). The van der Waals surface area contributed by atoms with Gasteiger partial charge in [0.2, 0.25) is 0 Å². The Morgan fingerprint density at radius 3 is 2.75 bits per heavy atom. The van der Waals surface area contributed by atoms with E-state index in [2.05, 4.69) is 20.9 Å². The molecule has 0 aliphatic carbocycles. The van der Waals surface area contributed by atoms with Gasteiger partial charge in [-0.15, -0.1) is 0 Å². The van der Waals surface area contributed by atoms with Crippen molar-refractivity contribution in [1.29, 1.82) is 5.26 Å². The zero-order valence-corrected chi connectivity index (χ0v) is 16.4. The molecule has 0 atom stereocenters. The minimum Gasteiger partial charge on any atom is -0.355 e. The van der Waals surface area contributed by atoms with Gasteiger partial charge in [-0.25, -0.2) is 14.8 Å². The first-order chi connectivity index (χ1) is 13.6. The highest BCUT2D eigenvalue weighted by atomic mass is 35.5. The fourth-order valence-corrected chi connectivity index (χ4v) is 4.21. The molecule has 4 heterocycles. The van der Waals surface area contributed by atoms with Crippen LogP contribution >= 0.6 is 11.6 Å². The number of fused-ring (bicyclic) bond motifs is 1. The monoisotopic (exact) mass is 396 g/mol. The van der Waals surface area contributed by atoms with Gasteiger partial charge in [0, 0.05) is 38.6 Å². The van der Waals surface area contributed by atoms with Gasteiger partial charge in [0.1, 0.15) is 11.9 Å². The van der Waals surface area contributed by atoms with E-state index in [1.807, 2.05) is 23.6 Å². The van der Waals surface area contributed by atoms with E-state index in [0.717, 1.165) is 42.9 Å². The number of halogens is 1. The fraction of sp³-hybridized carbons (Fsp3) is 0.400. The number of nitrogens with zero attached hydrogens (tertiary/aromatic N) is 6. The lowest BCUT2D eigenvalue weighted by molar-refractivity contribution is 0.353. The molecule has 3 aromatic rings. The number of pyridine rings is 2. The zero-order valence-electron chi connectivity index (χ0n) is 15.7. The van der Waals surface area contributed by atoms with Crippen LogP contribution in [0.5, 0.6) is 0 Å². The second kappa shape index (κ2) is 7.64. The predicted molar refractivity (Wildman–Crippen MR) is 109 cm³/mol. The molecule has 1 saturated heterocycles. The Kier molecular flexibility index (Phi) is 5.05. The SMILES string of the molecule is CCn1c(=O)n(CC2CCN(c3ncc(C#N)cc3Cl)CC2)c2ncccc21. The van der Waals surface area contributed by atoms with Gasteiger partial charge < -0.3 is 4.90 Å². The molecule has 1 fully saturated rings. The number of aryl methyl sites for hydroxylation is 1. The van der Waals surface area contributed by atoms with Crippen molar-refractivity contribution in [3.8, 4) is 6.07 Å². The van der Waals surface area contributed by atoms with E-state index in [1.165, 1.54) is 0 Å². The molecule has 1 aliphatic heterocycles. The quantitative estimate of drug-likeness (QED) is 0.677. The number of piperidine rings is 1. The van der Waals surface area contributed by atoms with Crippen molar-refractivity contribution in [3.05, 3.63) is 51.7 Å². The Bertz CT molecular complexity index is 1100. The number of aromatic nitrogens is 4. The minimum atomic E-state index is 0.00966. The van der Waals surface area contributed by atoms with Crippen LogP contribution < -0.4 is 10.6 Å². The van der Waals surface area contributed by atoms with Crippen LogP contribution in [0.25, 0.3) is 11.2 Å². The Hall–Kier alpha value is -2.85. The van der Waals surface area contributed by atoms with Gasteiger partial charge in [-0.05, 0) is 43.9 Å². The summed E-state index contributed by atoms with van der Waals surface area (Å²) in [5, 5.41) is 9.46. The molecule has 0 spiro atoms. The van der Waals surface area contributed by atoms with E-state index in [0.29, 0.717) is 29.6 Å². The molecule has 7 nitrogen and oxygen atoms in total. The maximum absolute atomic E-state index is 12.8. The van der Waals surface area contributed by atoms with Crippen molar-refractivity contribution in [1.82, 2.24) is 19.1 Å². The highest BCUT2D eigenvalue weighted by Crippen LogP contribution is 2.29. The van der Waals surface area contributed by atoms with Crippen LogP contribution in [-0.4, -0.2) is 32.2 Å². The average molecular weight is 397 g/mol. The van der Waals surface area contributed by atoms with E-state index < -0.39 is 0 Å². The van der Waals surface area contributed by atoms with Crippen molar-refractivity contribution in [3.63, 3.8) is 0 Å². The first kappa shape index (κ1) is 18.5. The molecule has 0 saturated carbocycles. The molecule has 0 unspecified atom stereocenters. The van der Waals surface area contributed by atoms with Crippen molar-refractivity contribution in [2.45, 2.75) is 32.9 Å². The Labute approximate surface area is 167 Å². The molecule has 0 aromatic carbocycles. The zero-order chi connectivity index (χ0) is 19.7. The molecule has 0 bridgehead atoms. The van der Waals surface area contributed by atoms with Crippen molar-refractivity contribution in [2.24, 2.45) is 5.92 Å². The van der Waals surface area contributed by atoms with Crippen LogP contribution in [-0.2, 0) is 13.1 Å². The van der Waals surface area contributed by atoms with Gasteiger partial charge in [-0.2, -0.15) is 5.26 Å². The first-order valence-corrected chi connectivity index (χ1v) is 9.84. The normalized spacial score (nSPS) is 15.1. The first-order valence-electron chi connectivity index (χ1n) is 9.47. The smallest absolute Gasteiger partial charge is 0.330 e. The molecule has 144 valence electrons. The summed E-state index contributed by atoms with van der Waals surface area (Å²) in [5.41, 5.74) is 2.12. The highest BCUT2D eigenvalue weighted by molar-refractivity contribution is 6.33. The third-order valence-corrected chi connectivity index (χ3v) is 5.67. The van der Waals surface area contributed by atoms with Crippen LogP contribution in [0.3, 0.4) is 0 Å². The van der Waals surface area contributed by atoms with E-state index >= 15 is 0 Å². The van der Waals surface area contributed by atoms with E-state index in [-0.39, 0.29) is 5.69 Å². The lowest BCUT2D eigenvalue weighted by Crippen LogP contribution is -2.37. The second-order valence-electron chi connectivity index (χ2n) is 7.06. The lowest BCUT2D eigenvalue weighted by atomic mass is 9.96. The second-order valence-corrected chi connectivity index (χ2v) is 7.46. The van der Waals surface area contributed by atoms with Crippen molar-refractivity contribution < 1.29 is 0 Å². The number of hydrogen-bond donors (Lipinski definition) is 0. The molecular formula is C20H21ClN6O. The summed E-state index contributed by atoms with van der Waals surface area (Å²) in [6.45, 7) is 4.91. The van der Waals surface area contributed by atoms with Gasteiger partial charge in [-0.1, -0.05) is 11.6 Å². The molecule has 28 heavy (non-hydrogen) atoms. The Morgan fingerprint density at radius 1 is 1.29 bits per heavy atom. The lowest BCUT2D eigenvalue weighted by Gasteiger charge is -2.33. The number of rotatable bonds is 4. The summed E-state index contributed by atoms with van der Waals surface area (Å²) < 4.78 is 3.59. The third-order valence-electron chi connectivity index (χ3n) is 5.40. The largest absolute Gasteiger partial charge is 0.355 e. The average Bonchev–Trinajstić information content (AvgIpc) is 2.99. The van der Waals surface area contributed by atoms with E-state index in [1.54, 1.807) is 23.0 Å². The summed E-state index contributed by atoms with van der Waals surface area (Å²) in [7, 11) is 0. The van der Waals surface area contributed by atoms with Crippen molar-refractivity contribution >= 4 is 28.6 Å². The maximum Gasteiger partial charge on any atom is 0.330 e. The van der Waals surface area contributed by atoms with Gasteiger partial charge >= 0.3 is 5.69 Å². The van der Waals surface area contributed by atoms with Gasteiger partial charge in [0.15, 0.2) is 5.65 Å². The molecule has 0 amide bonds. The van der Waals surface area contributed by atoms with Gasteiger partial charge in [-0.3, -0.25) is 9.13 Å². The van der Waals surface area contributed by atoms with Gasteiger partial charge in [0.05, 0.1) is 16.1 Å². The summed E-state index contributed by atoms with van der Waals surface area (Å²) >= 11 is 6.30. The highest BCUT2D eigenvalue weighted by Gasteiger charge is 2.24. The van der Waals surface area contributed by atoms with Gasteiger partial charge in [0.25, 0.3) is 0 Å².